The van der Waals surface area contributed by atoms with Gasteiger partial charge in [-0.25, -0.2) is 0 Å². The molecule has 4 heteroatoms. The Morgan fingerprint density at radius 3 is 2.42 bits per heavy atom. The molecule has 19 heavy (non-hydrogen) atoms. The van der Waals surface area contributed by atoms with E-state index in [1.807, 2.05) is 0 Å². The Kier molecular flexibility index (Phi) is 4.51. The molecule has 2 atom stereocenters. The van der Waals surface area contributed by atoms with E-state index in [4.69, 9.17) is 5.11 Å². The van der Waals surface area contributed by atoms with Gasteiger partial charge in [-0.2, -0.15) is 0 Å². The van der Waals surface area contributed by atoms with Crippen LogP contribution in [-0.2, 0) is 4.79 Å². The summed E-state index contributed by atoms with van der Waals surface area (Å²) in [6, 6.07) is 0.371. The molecule has 0 aromatic heterocycles. The molecule has 1 heterocycles. The first-order valence-electron chi connectivity index (χ1n) is 7.60. The molecule has 0 bridgehead atoms. The van der Waals surface area contributed by atoms with Gasteiger partial charge in [0.25, 0.3) is 0 Å². The standard InChI is InChI=1S/C15H28N2O2/c1-12(14(18)19)16-7-9-17(10-8-16)13-5-4-6-15(2,3)11-13/h12-13H,4-11H2,1-3H3,(H,18,19). The molecule has 0 radical (unpaired) electrons. The number of nitrogens with zero attached hydrogens (tertiary/aromatic N) is 2. The molecule has 0 aromatic carbocycles. The molecule has 2 aliphatic rings. The van der Waals surface area contributed by atoms with Gasteiger partial charge in [0.1, 0.15) is 6.04 Å². The number of carboxylic acid groups (broad SMARTS) is 1. The molecular weight excluding hydrogens is 240 g/mol. The second-order valence-corrected chi connectivity index (χ2v) is 7.00. The van der Waals surface area contributed by atoms with Crippen molar-refractivity contribution >= 4 is 5.97 Å². The maximum atomic E-state index is 11.0. The van der Waals surface area contributed by atoms with E-state index in [0.717, 1.165) is 26.2 Å². The molecular formula is C15H28N2O2. The highest BCUT2D eigenvalue weighted by molar-refractivity contribution is 5.72. The number of piperazine rings is 1. The third kappa shape index (κ3) is 3.69. The van der Waals surface area contributed by atoms with Crippen LogP contribution in [0.2, 0.25) is 0 Å². The Morgan fingerprint density at radius 2 is 1.89 bits per heavy atom. The average molecular weight is 268 g/mol. The van der Waals surface area contributed by atoms with Gasteiger partial charge < -0.3 is 5.11 Å². The first-order valence-corrected chi connectivity index (χ1v) is 7.60. The topological polar surface area (TPSA) is 43.8 Å². The van der Waals surface area contributed by atoms with Gasteiger partial charge in [0.05, 0.1) is 0 Å². The fraction of sp³-hybridized carbons (Fsp3) is 0.933. The van der Waals surface area contributed by atoms with Gasteiger partial charge in [-0.05, 0) is 31.6 Å². The zero-order valence-electron chi connectivity index (χ0n) is 12.6. The van der Waals surface area contributed by atoms with Gasteiger partial charge in [-0.1, -0.05) is 20.3 Å². The minimum absolute atomic E-state index is 0.343. The van der Waals surface area contributed by atoms with Crippen molar-refractivity contribution < 1.29 is 9.90 Å². The lowest BCUT2D eigenvalue weighted by atomic mass is 9.74. The molecule has 0 aromatic rings. The number of hydrogen-bond acceptors (Lipinski definition) is 3. The van der Waals surface area contributed by atoms with Gasteiger partial charge >= 0.3 is 5.97 Å². The molecule has 1 saturated carbocycles. The number of carboxylic acids is 1. The molecule has 1 saturated heterocycles. The zero-order chi connectivity index (χ0) is 14.0. The van der Waals surface area contributed by atoms with Crippen LogP contribution in [0.5, 0.6) is 0 Å². The highest BCUT2D eigenvalue weighted by atomic mass is 16.4. The van der Waals surface area contributed by atoms with E-state index in [2.05, 4.69) is 23.6 Å². The molecule has 2 fully saturated rings. The van der Waals surface area contributed by atoms with Crippen LogP contribution in [0, 0.1) is 5.41 Å². The van der Waals surface area contributed by atoms with E-state index in [1.54, 1.807) is 6.92 Å². The summed E-state index contributed by atoms with van der Waals surface area (Å²) in [5.74, 6) is -0.702. The largest absolute Gasteiger partial charge is 0.480 e. The summed E-state index contributed by atoms with van der Waals surface area (Å²) >= 11 is 0. The monoisotopic (exact) mass is 268 g/mol. The van der Waals surface area contributed by atoms with Crippen molar-refractivity contribution in [3.8, 4) is 0 Å². The Hall–Kier alpha value is -0.610. The van der Waals surface area contributed by atoms with Crippen molar-refractivity contribution in [2.75, 3.05) is 26.2 Å². The molecule has 1 N–H and O–H groups in total. The molecule has 110 valence electrons. The second-order valence-electron chi connectivity index (χ2n) is 7.00. The summed E-state index contributed by atoms with van der Waals surface area (Å²) in [6.07, 6.45) is 5.29. The second kappa shape index (κ2) is 5.80. The lowest BCUT2D eigenvalue weighted by Gasteiger charge is -2.45. The van der Waals surface area contributed by atoms with Crippen LogP contribution in [0.1, 0.15) is 46.5 Å². The van der Waals surface area contributed by atoms with E-state index in [1.165, 1.54) is 25.7 Å². The van der Waals surface area contributed by atoms with Crippen molar-refractivity contribution in [1.82, 2.24) is 9.80 Å². The van der Waals surface area contributed by atoms with E-state index >= 15 is 0 Å². The SMILES string of the molecule is CC(C(=O)O)N1CCN(C2CCCC(C)(C)C2)CC1. The summed E-state index contributed by atoms with van der Waals surface area (Å²) in [5, 5.41) is 9.06. The minimum Gasteiger partial charge on any atom is -0.480 e. The van der Waals surface area contributed by atoms with Crippen LogP contribution in [0.25, 0.3) is 0 Å². The summed E-state index contributed by atoms with van der Waals surface area (Å²) in [6.45, 7) is 10.4. The minimum atomic E-state index is -0.702. The van der Waals surface area contributed by atoms with Crippen LogP contribution >= 0.6 is 0 Å². The van der Waals surface area contributed by atoms with Crippen LogP contribution in [-0.4, -0.2) is 59.1 Å². The third-order valence-electron chi connectivity index (χ3n) is 4.95. The van der Waals surface area contributed by atoms with Crippen molar-refractivity contribution in [1.29, 1.82) is 0 Å². The van der Waals surface area contributed by atoms with Crippen molar-refractivity contribution in [2.45, 2.75) is 58.5 Å². The van der Waals surface area contributed by atoms with Gasteiger partial charge in [0, 0.05) is 32.2 Å². The third-order valence-corrected chi connectivity index (χ3v) is 4.95. The lowest BCUT2D eigenvalue weighted by Crippen LogP contribution is -2.55. The molecule has 2 unspecified atom stereocenters. The summed E-state index contributed by atoms with van der Waals surface area (Å²) in [5.41, 5.74) is 0.481. The van der Waals surface area contributed by atoms with Crippen LogP contribution in [0.15, 0.2) is 0 Å². The van der Waals surface area contributed by atoms with Crippen LogP contribution < -0.4 is 0 Å². The van der Waals surface area contributed by atoms with Crippen LogP contribution in [0.3, 0.4) is 0 Å². The van der Waals surface area contributed by atoms with Gasteiger partial charge in [-0.15, -0.1) is 0 Å². The average Bonchev–Trinajstić information content (AvgIpc) is 2.37. The van der Waals surface area contributed by atoms with Crippen molar-refractivity contribution in [3.05, 3.63) is 0 Å². The van der Waals surface area contributed by atoms with Gasteiger partial charge in [0.15, 0.2) is 0 Å². The van der Waals surface area contributed by atoms with E-state index in [-0.39, 0.29) is 6.04 Å². The van der Waals surface area contributed by atoms with E-state index in [0.29, 0.717) is 11.5 Å². The normalized spacial score (nSPS) is 31.0. The zero-order valence-corrected chi connectivity index (χ0v) is 12.6. The van der Waals surface area contributed by atoms with Gasteiger partial charge in [0.2, 0.25) is 0 Å². The number of hydrogen-bond donors (Lipinski definition) is 1. The highest BCUT2D eigenvalue weighted by Crippen LogP contribution is 2.37. The van der Waals surface area contributed by atoms with Crippen LogP contribution in [0.4, 0.5) is 0 Å². The Balaban J connectivity index is 1.84. The van der Waals surface area contributed by atoms with E-state index < -0.39 is 5.97 Å². The fourth-order valence-electron chi connectivity index (χ4n) is 3.62. The predicted molar refractivity (Wildman–Crippen MR) is 76.3 cm³/mol. The molecule has 0 amide bonds. The first-order chi connectivity index (χ1) is 8.89. The number of aliphatic carboxylic acids is 1. The summed E-state index contributed by atoms with van der Waals surface area (Å²) in [7, 11) is 0. The van der Waals surface area contributed by atoms with Crippen molar-refractivity contribution in [2.24, 2.45) is 5.41 Å². The molecule has 1 aliphatic carbocycles. The Morgan fingerprint density at radius 1 is 1.26 bits per heavy atom. The van der Waals surface area contributed by atoms with E-state index in [9.17, 15) is 4.79 Å². The van der Waals surface area contributed by atoms with Gasteiger partial charge in [-0.3, -0.25) is 14.6 Å². The smallest absolute Gasteiger partial charge is 0.320 e. The molecule has 0 spiro atoms. The molecule has 2 rings (SSSR count). The summed E-state index contributed by atoms with van der Waals surface area (Å²) < 4.78 is 0. The maximum Gasteiger partial charge on any atom is 0.320 e. The Labute approximate surface area is 116 Å². The fourth-order valence-corrected chi connectivity index (χ4v) is 3.62. The predicted octanol–water partition coefficient (Wildman–Crippen LogP) is 2.05. The van der Waals surface area contributed by atoms with Crippen molar-refractivity contribution in [3.63, 3.8) is 0 Å². The quantitative estimate of drug-likeness (QED) is 0.851. The number of rotatable bonds is 3. The lowest BCUT2D eigenvalue weighted by molar-refractivity contribution is -0.143. The number of carbonyl (C=O) groups is 1. The Bertz CT molecular complexity index is 322. The summed E-state index contributed by atoms with van der Waals surface area (Å²) in [4.78, 5) is 15.7. The molecule has 4 nitrogen and oxygen atoms in total. The maximum absolute atomic E-state index is 11.0. The first kappa shape index (κ1) is 14.8. The molecule has 1 aliphatic heterocycles. The highest BCUT2D eigenvalue weighted by Gasteiger charge is 2.34.